The summed E-state index contributed by atoms with van der Waals surface area (Å²) < 4.78 is 40.2. The number of benzene rings is 3. The first-order chi connectivity index (χ1) is 20.7. The molecule has 0 bridgehead atoms. The fraction of sp³-hybridized carbons (Fsp3) is 0.375. The maximum Gasteiger partial charge on any atom is 0.264 e. The highest BCUT2D eigenvalue weighted by Crippen LogP contribution is 2.33. The van der Waals surface area contributed by atoms with Gasteiger partial charge in [0.25, 0.3) is 10.0 Å². The number of carbonyl (C=O) groups excluding carboxylic acids is 2. The smallest absolute Gasteiger partial charge is 0.264 e. The number of anilines is 1. The fourth-order valence-electron chi connectivity index (χ4n) is 4.61. The number of nitrogens with zero attached hydrogens (tertiary/aromatic N) is 2. The molecule has 0 saturated heterocycles. The number of halogens is 2. The summed E-state index contributed by atoms with van der Waals surface area (Å²) in [6.45, 7) is 8.51. The van der Waals surface area contributed by atoms with Crippen molar-refractivity contribution in [3.05, 3.63) is 81.3 Å². The van der Waals surface area contributed by atoms with E-state index in [4.69, 9.17) is 32.7 Å². The zero-order chi connectivity index (χ0) is 32.8. The molecule has 0 heterocycles. The van der Waals surface area contributed by atoms with E-state index < -0.39 is 28.5 Å². The van der Waals surface area contributed by atoms with E-state index in [-0.39, 0.29) is 29.1 Å². The quantitative estimate of drug-likeness (QED) is 0.235. The normalized spacial score (nSPS) is 12.7. The Morgan fingerprint density at radius 3 is 2.09 bits per heavy atom. The molecule has 0 aliphatic heterocycles. The van der Waals surface area contributed by atoms with Crippen LogP contribution in [0.4, 0.5) is 5.69 Å². The Balaban J connectivity index is 2.12. The Labute approximate surface area is 270 Å². The molecule has 0 radical (unpaired) electrons. The highest BCUT2D eigenvalue weighted by atomic mass is 35.5. The minimum atomic E-state index is -4.32. The van der Waals surface area contributed by atoms with Crippen LogP contribution in [0.15, 0.2) is 59.5 Å². The summed E-state index contributed by atoms with van der Waals surface area (Å²) in [6, 6.07) is 13.4. The van der Waals surface area contributed by atoms with Crippen LogP contribution >= 0.6 is 23.2 Å². The SMILES string of the molecule is CCC(C)NC(=O)C(C)N(Cc1ccc(Cl)c(Cl)c1)C(=O)CN(c1cc(C)cc(C)c1)S(=O)(=O)c1ccc(OC)c(OC)c1. The molecule has 2 unspecified atom stereocenters. The zero-order valence-electron chi connectivity index (χ0n) is 26.0. The van der Waals surface area contributed by atoms with Crippen LogP contribution in [0, 0.1) is 13.8 Å². The third kappa shape index (κ3) is 8.37. The number of hydrogen-bond acceptors (Lipinski definition) is 6. The Bertz CT molecular complexity index is 1600. The van der Waals surface area contributed by atoms with E-state index in [1.54, 1.807) is 37.3 Å². The van der Waals surface area contributed by atoms with Crippen molar-refractivity contribution in [2.45, 2.75) is 64.6 Å². The first-order valence-electron chi connectivity index (χ1n) is 14.1. The summed E-state index contributed by atoms with van der Waals surface area (Å²) in [6.07, 6.45) is 0.698. The largest absolute Gasteiger partial charge is 0.493 e. The predicted molar refractivity (Wildman–Crippen MR) is 174 cm³/mol. The molecular weight excluding hydrogens is 625 g/mol. The van der Waals surface area contributed by atoms with Gasteiger partial charge in [-0.05, 0) is 87.2 Å². The van der Waals surface area contributed by atoms with Gasteiger partial charge in [-0.3, -0.25) is 13.9 Å². The third-order valence-electron chi connectivity index (χ3n) is 7.22. The van der Waals surface area contributed by atoms with Gasteiger partial charge in [-0.2, -0.15) is 0 Å². The Hall–Kier alpha value is -3.47. The highest BCUT2D eigenvalue weighted by molar-refractivity contribution is 7.92. The molecule has 238 valence electrons. The minimum absolute atomic E-state index is 0.0120. The lowest BCUT2D eigenvalue weighted by Crippen LogP contribution is -2.52. The van der Waals surface area contributed by atoms with Gasteiger partial charge in [0.05, 0.1) is 34.8 Å². The number of aryl methyl sites for hydroxylation is 2. The second-order valence-corrected chi connectivity index (χ2v) is 13.3. The van der Waals surface area contributed by atoms with Crippen molar-refractivity contribution in [2.24, 2.45) is 0 Å². The molecule has 12 heteroatoms. The van der Waals surface area contributed by atoms with E-state index >= 15 is 0 Å². The van der Waals surface area contributed by atoms with E-state index in [0.717, 1.165) is 15.4 Å². The van der Waals surface area contributed by atoms with Crippen molar-refractivity contribution in [1.82, 2.24) is 10.2 Å². The van der Waals surface area contributed by atoms with Crippen molar-refractivity contribution in [3.8, 4) is 11.5 Å². The molecule has 9 nitrogen and oxygen atoms in total. The molecule has 0 fully saturated rings. The third-order valence-corrected chi connectivity index (χ3v) is 9.73. The monoisotopic (exact) mass is 663 g/mol. The molecule has 0 spiro atoms. The van der Waals surface area contributed by atoms with Gasteiger partial charge in [-0.15, -0.1) is 0 Å². The van der Waals surface area contributed by atoms with Crippen molar-refractivity contribution in [1.29, 1.82) is 0 Å². The van der Waals surface area contributed by atoms with Gasteiger partial charge in [0, 0.05) is 18.7 Å². The van der Waals surface area contributed by atoms with E-state index in [9.17, 15) is 18.0 Å². The molecule has 0 aliphatic carbocycles. The Morgan fingerprint density at radius 1 is 0.886 bits per heavy atom. The number of nitrogens with one attached hydrogen (secondary N) is 1. The van der Waals surface area contributed by atoms with Gasteiger partial charge in [-0.25, -0.2) is 8.42 Å². The van der Waals surface area contributed by atoms with E-state index in [1.807, 2.05) is 33.8 Å². The van der Waals surface area contributed by atoms with Crippen LogP contribution in [-0.2, 0) is 26.2 Å². The minimum Gasteiger partial charge on any atom is -0.493 e. The van der Waals surface area contributed by atoms with Gasteiger partial charge < -0.3 is 19.7 Å². The van der Waals surface area contributed by atoms with Crippen molar-refractivity contribution < 1.29 is 27.5 Å². The van der Waals surface area contributed by atoms with E-state index in [0.29, 0.717) is 33.5 Å². The standard InChI is InChI=1S/C32H39Cl2N3O6S/c1-8-22(4)35-32(39)23(5)36(18-24-9-11-27(33)28(34)16-24)31(38)19-37(25-14-20(2)13-21(3)15-25)44(40,41)26-10-12-29(42-6)30(17-26)43-7/h9-17,22-23H,8,18-19H2,1-7H3,(H,35,39). The molecule has 44 heavy (non-hydrogen) atoms. The zero-order valence-corrected chi connectivity index (χ0v) is 28.3. The lowest BCUT2D eigenvalue weighted by Gasteiger charge is -2.32. The second kappa shape index (κ2) is 15.0. The van der Waals surface area contributed by atoms with Crippen LogP contribution in [-0.4, -0.2) is 58.0 Å². The Morgan fingerprint density at radius 2 is 1.52 bits per heavy atom. The maximum atomic E-state index is 14.3. The second-order valence-electron chi connectivity index (χ2n) is 10.6. The molecular formula is C32H39Cl2N3O6S. The van der Waals surface area contributed by atoms with Crippen molar-refractivity contribution in [2.75, 3.05) is 25.1 Å². The number of amides is 2. The van der Waals surface area contributed by atoms with Crippen LogP contribution in [0.1, 0.15) is 43.9 Å². The predicted octanol–water partition coefficient (Wildman–Crippen LogP) is 6.15. The first kappa shape index (κ1) is 35.0. The van der Waals surface area contributed by atoms with Gasteiger partial charge in [0.15, 0.2) is 11.5 Å². The van der Waals surface area contributed by atoms with Gasteiger partial charge in [0.1, 0.15) is 12.6 Å². The number of methoxy groups -OCH3 is 2. The average molecular weight is 665 g/mol. The molecule has 2 amide bonds. The average Bonchev–Trinajstić information content (AvgIpc) is 2.98. The summed E-state index contributed by atoms with van der Waals surface area (Å²) in [4.78, 5) is 28.7. The van der Waals surface area contributed by atoms with Crippen LogP contribution in [0.3, 0.4) is 0 Å². The molecule has 0 saturated carbocycles. The topological polar surface area (TPSA) is 105 Å². The molecule has 2 atom stereocenters. The van der Waals surface area contributed by atoms with Crippen LogP contribution in [0.25, 0.3) is 0 Å². The number of ether oxygens (including phenoxy) is 2. The number of carbonyl (C=O) groups is 2. The fourth-order valence-corrected chi connectivity index (χ4v) is 6.34. The van der Waals surface area contributed by atoms with Crippen molar-refractivity contribution in [3.63, 3.8) is 0 Å². The lowest BCUT2D eigenvalue weighted by atomic mass is 10.1. The van der Waals surface area contributed by atoms with Crippen LogP contribution < -0.4 is 19.1 Å². The molecule has 3 aromatic rings. The lowest BCUT2D eigenvalue weighted by molar-refractivity contribution is -0.139. The van der Waals surface area contributed by atoms with Crippen molar-refractivity contribution >= 4 is 50.7 Å². The Kier molecular flexibility index (Phi) is 11.9. The molecule has 0 aliphatic rings. The van der Waals surface area contributed by atoms with Gasteiger partial charge >= 0.3 is 0 Å². The molecule has 0 aromatic heterocycles. The van der Waals surface area contributed by atoms with Gasteiger partial charge in [0.2, 0.25) is 11.8 Å². The summed E-state index contributed by atoms with van der Waals surface area (Å²) in [5.41, 5.74) is 2.55. The highest BCUT2D eigenvalue weighted by Gasteiger charge is 2.33. The van der Waals surface area contributed by atoms with E-state index in [2.05, 4.69) is 5.32 Å². The van der Waals surface area contributed by atoms with Gasteiger partial charge in [-0.1, -0.05) is 42.3 Å². The molecule has 1 N–H and O–H groups in total. The maximum absolute atomic E-state index is 14.3. The number of rotatable bonds is 13. The number of hydrogen-bond donors (Lipinski definition) is 1. The summed E-state index contributed by atoms with van der Waals surface area (Å²) in [5.74, 6) is -0.383. The number of sulfonamides is 1. The molecule has 3 rings (SSSR count). The first-order valence-corrected chi connectivity index (χ1v) is 16.3. The summed E-state index contributed by atoms with van der Waals surface area (Å²) >= 11 is 12.4. The van der Waals surface area contributed by atoms with E-state index in [1.165, 1.54) is 37.3 Å². The summed E-state index contributed by atoms with van der Waals surface area (Å²) in [7, 11) is -1.46. The van der Waals surface area contributed by atoms with Crippen LogP contribution in [0.2, 0.25) is 10.0 Å². The summed E-state index contributed by atoms with van der Waals surface area (Å²) in [5, 5.41) is 3.55. The molecule has 3 aromatic carbocycles. The van der Waals surface area contributed by atoms with Crippen LogP contribution in [0.5, 0.6) is 11.5 Å².